The van der Waals surface area contributed by atoms with Gasteiger partial charge in [0.2, 0.25) is 0 Å². The third-order valence-electron chi connectivity index (χ3n) is 5.51. The van der Waals surface area contributed by atoms with Crippen molar-refractivity contribution in [1.29, 1.82) is 0 Å². The molecule has 0 radical (unpaired) electrons. The Morgan fingerprint density at radius 1 is 1.16 bits per heavy atom. The molecule has 0 N–H and O–H groups in total. The average Bonchev–Trinajstić information content (AvgIpc) is 3.24. The zero-order valence-corrected chi connectivity index (χ0v) is 18.3. The van der Waals surface area contributed by atoms with Crippen molar-refractivity contribution in [3.63, 3.8) is 0 Å². The van der Waals surface area contributed by atoms with Crippen LogP contribution in [0.1, 0.15) is 45.4 Å². The number of anilines is 1. The Morgan fingerprint density at radius 3 is 2.55 bits per heavy atom. The van der Waals surface area contributed by atoms with Crippen LogP contribution in [0.2, 0.25) is 0 Å². The van der Waals surface area contributed by atoms with Crippen molar-refractivity contribution in [1.82, 2.24) is 15.0 Å². The van der Waals surface area contributed by atoms with Crippen molar-refractivity contribution in [3.05, 3.63) is 29.8 Å². The van der Waals surface area contributed by atoms with Crippen molar-refractivity contribution in [2.24, 2.45) is 0 Å². The lowest BCUT2D eigenvalue weighted by atomic mass is 9.96. The van der Waals surface area contributed by atoms with Crippen LogP contribution in [0.15, 0.2) is 22.7 Å². The van der Waals surface area contributed by atoms with Crippen LogP contribution in [0.25, 0.3) is 11.5 Å². The third kappa shape index (κ3) is 5.15. The molecule has 0 atom stereocenters. The number of piperidine rings is 1. The number of rotatable bonds is 3. The third-order valence-corrected chi connectivity index (χ3v) is 5.51. The van der Waals surface area contributed by atoms with Gasteiger partial charge in [0, 0.05) is 37.8 Å². The maximum atomic E-state index is 14.5. The summed E-state index contributed by atoms with van der Waals surface area (Å²) in [5.41, 5.74) is 0.690. The highest BCUT2D eigenvalue weighted by molar-refractivity contribution is 5.68. The zero-order valence-electron chi connectivity index (χ0n) is 18.3. The van der Waals surface area contributed by atoms with Gasteiger partial charge in [-0.1, -0.05) is 5.16 Å². The van der Waals surface area contributed by atoms with Gasteiger partial charge in [-0.15, -0.1) is 0 Å². The van der Waals surface area contributed by atoms with Gasteiger partial charge in [0.05, 0.1) is 18.8 Å². The minimum Gasteiger partial charge on any atom is -0.444 e. The molecule has 2 aliphatic rings. The van der Waals surface area contributed by atoms with Crippen molar-refractivity contribution in [2.75, 3.05) is 44.3 Å². The number of hydrogen-bond acceptors (Lipinski definition) is 7. The van der Waals surface area contributed by atoms with Crippen molar-refractivity contribution < 1.29 is 23.2 Å². The second kappa shape index (κ2) is 8.82. The van der Waals surface area contributed by atoms with Gasteiger partial charge in [-0.25, -0.2) is 9.18 Å². The Kier molecular flexibility index (Phi) is 6.13. The van der Waals surface area contributed by atoms with E-state index in [-0.39, 0.29) is 17.9 Å². The van der Waals surface area contributed by atoms with Crippen molar-refractivity contribution >= 4 is 11.8 Å². The highest BCUT2D eigenvalue weighted by Gasteiger charge is 2.30. The molecular weight excluding hydrogens is 403 g/mol. The van der Waals surface area contributed by atoms with Gasteiger partial charge in [0.1, 0.15) is 11.4 Å². The molecule has 4 rings (SSSR count). The van der Waals surface area contributed by atoms with Crippen LogP contribution in [0.3, 0.4) is 0 Å². The van der Waals surface area contributed by atoms with E-state index in [2.05, 4.69) is 15.0 Å². The van der Waals surface area contributed by atoms with Crippen molar-refractivity contribution in [3.8, 4) is 11.5 Å². The summed E-state index contributed by atoms with van der Waals surface area (Å²) in [6.45, 7) is 9.50. The summed E-state index contributed by atoms with van der Waals surface area (Å²) in [4.78, 5) is 20.6. The quantitative estimate of drug-likeness (QED) is 0.729. The standard InChI is InChI=1S/C22H29FN4O4/c1-22(2,3)30-21(28)27-8-6-15(7-9-27)19-24-20(31-25-19)17-14-16(4-5-18(17)23)26-10-12-29-13-11-26/h4-5,14-15H,6-13H2,1-3H3. The fraction of sp³-hybridized carbons (Fsp3) is 0.591. The zero-order chi connectivity index (χ0) is 22.0. The summed E-state index contributed by atoms with van der Waals surface area (Å²) in [7, 11) is 0. The topological polar surface area (TPSA) is 80.9 Å². The summed E-state index contributed by atoms with van der Waals surface area (Å²) < 4.78 is 30.8. The van der Waals surface area contributed by atoms with E-state index in [4.69, 9.17) is 14.0 Å². The number of benzene rings is 1. The van der Waals surface area contributed by atoms with Gasteiger partial charge in [0.25, 0.3) is 5.89 Å². The van der Waals surface area contributed by atoms with E-state index < -0.39 is 11.4 Å². The number of carbonyl (C=O) groups excluding carboxylic acids is 1. The lowest BCUT2D eigenvalue weighted by Gasteiger charge is -2.32. The number of hydrogen-bond donors (Lipinski definition) is 0. The summed E-state index contributed by atoms with van der Waals surface area (Å²) in [6.07, 6.45) is 1.10. The van der Waals surface area contributed by atoms with Crippen LogP contribution in [0.4, 0.5) is 14.9 Å². The Hall–Kier alpha value is -2.68. The van der Waals surface area contributed by atoms with E-state index in [0.717, 1.165) is 18.8 Å². The lowest BCUT2D eigenvalue weighted by Crippen LogP contribution is -2.41. The number of likely N-dealkylation sites (tertiary alicyclic amines) is 1. The maximum absolute atomic E-state index is 14.5. The molecule has 2 aromatic rings. The fourth-order valence-electron chi connectivity index (χ4n) is 3.85. The smallest absolute Gasteiger partial charge is 0.410 e. The molecular formula is C22H29FN4O4. The van der Waals surface area contributed by atoms with Crippen molar-refractivity contribution in [2.45, 2.75) is 45.1 Å². The molecule has 2 fully saturated rings. The molecule has 1 aromatic heterocycles. The first-order chi connectivity index (χ1) is 14.8. The molecule has 31 heavy (non-hydrogen) atoms. The summed E-state index contributed by atoms with van der Waals surface area (Å²) in [5.74, 6) is 0.390. The molecule has 9 heteroatoms. The highest BCUT2D eigenvalue weighted by atomic mass is 19.1. The monoisotopic (exact) mass is 432 g/mol. The summed E-state index contributed by atoms with van der Waals surface area (Å²) in [5, 5.41) is 4.11. The maximum Gasteiger partial charge on any atom is 0.410 e. The van der Waals surface area contributed by atoms with E-state index in [0.29, 0.717) is 50.5 Å². The van der Waals surface area contributed by atoms with Gasteiger partial charge < -0.3 is 23.8 Å². The minimum absolute atomic E-state index is 0.0571. The molecule has 0 aliphatic carbocycles. The van der Waals surface area contributed by atoms with Crippen LogP contribution in [0.5, 0.6) is 0 Å². The predicted molar refractivity (Wildman–Crippen MR) is 113 cm³/mol. The van der Waals surface area contributed by atoms with Gasteiger partial charge in [0.15, 0.2) is 5.82 Å². The SMILES string of the molecule is CC(C)(C)OC(=O)N1CCC(c2noc(-c3cc(N4CCOCC4)ccc3F)n2)CC1. The molecule has 0 spiro atoms. The Morgan fingerprint density at radius 2 is 1.87 bits per heavy atom. The molecule has 1 amide bonds. The second-order valence-corrected chi connectivity index (χ2v) is 8.96. The number of amides is 1. The minimum atomic E-state index is -0.518. The second-order valence-electron chi connectivity index (χ2n) is 8.96. The Bertz CT molecular complexity index is 912. The van der Waals surface area contributed by atoms with Crippen LogP contribution < -0.4 is 4.90 Å². The van der Waals surface area contributed by atoms with E-state index in [1.165, 1.54) is 6.07 Å². The van der Waals surface area contributed by atoms with Gasteiger partial charge in [-0.05, 0) is 51.8 Å². The summed E-state index contributed by atoms with van der Waals surface area (Å²) >= 11 is 0. The molecule has 3 heterocycles. The number of halogens is 1. The molecule has 168 valence electrons. The molecule has 1 aromatic carbocycles. The summed E-state index contributed by atoms with van der Waals surface area (Å²) in [6, 6.07) is 4.94. The molecule has 8 nitrogen and oxygen atoms in total. The van der Waals surface area contributed by atoms with Crippen LogP contribution >= 0.6 is 0 Å². The predicted octanol–water partition coefficient (Wildman–Crippen LogP) is 3.83. The van der Waals surface area contributed by atoms with Gasteiger partial charge >= 0.3 is 6.09 Å². The van der Waals surface area contributed by atoms with E-state index in [9.17, 15) is 9.18 Å². The molecule has 2 aliphatic heterocycles. The largest absolute Gasteiger partial charge is 0.444 e. The van der Waals surface area contributed by atoms with Gasteiger partial charge in [-0.3, -0.25) is 0 Å². The first-order valence-corrected chi connectivity index (χ1v) is 10.7. The van der Waals surface area contributed by atoms with Crippen LogP contribution in [-0.4, -0.2) is 66.1 Å². The molecule has 2 saturated heterocycles. The lowest BCUT2D eigenvalue weighted by molar-refractivity contribution is 0.0203. The number of morpholine rings is 1. The molecule has 0 unspecified atom stereocenters. The Labute approximate surface area is 181 Å². The number of carbonyl (C=O) groups is 1. The fourth-order valence-corrected chi connectivity index (χ4v) is 3.85. The van der Waals surface area contributed by atoms with Crippen LogP contribution in [0, 0.1) is 5.82 Å². The number of ether oxygens (including phenoxy) is 2. The number of nitrogens with zero attached hydrogens (tertiary/aromatic N) is 4. The molecule has 0 bridgehead atoms. The first-order valence-electron chi connectivity index (χ1n) is 10.7. The van der Waals surface area contributed by atoms with E-state index in [1.807, 2.05) is 20.8 Å². The number of aromatic nitrogens is 2. The molecule has 0 saturated carbocycles. The Balaban J connectivity index is 1.43. The van der Waals surface area contributed by atoms with Crippen LogP contribution in [-0.2, 0) is 9.47 Å². The average molecular weight is 432 g/mol. The van der Waals surface area contributed by atoms with Gasteiger partial charge in [-0.2, -0.15) is 4.98 Å². The van der Waals surface area contributed by atoms with E-state index >= 15 is 0 Å². The highest BCUT2D eigenvalue weighted by Crippen LogP contribution is 2.31. The van der Waals surface area contributed by atoms with E-state index in [1.54, 1.807) is 17.0 Å². The normalized spacial score (nSPS) is 18.3. The first kappa shape index (κ1) is 21.5.